The van der Waals surface area contributed by atoms with Crippen LogP contribution in [0.3, 0.4) is 0 Å². The Bertz CT molecular complexity index is 1580. The molecule has 58 heavy (non-hydrogen) atoms. The van der Waals surface area contributed by atoms with Gasteiger partial charge in [-0.25, -0.2) is 8.78 Å². The predicted molar refractivity (Wildman–Crippen MR) is 98.0 cm³/mol. The Morgan fingerprint density at radius 3 is 0.707 bits per heavy atom. The van der Waals surface area contributed by atoms with Gasteiger partial charge in [0.2, 0.25) is 0 Å². The Balaban J connectivity index is 2.94. The number of nitrogens with zero attached hydrogens (tertiary/aromatic N) is 1. The summed E-state index contributed by atoms with van der Waals surface area (Å²) in [5.41, 5.74) is -39.9. The summed E-state index contributed by atoms with van der Waals surface area (Å²) < 4.78 is 480. The van der Waals surface area contributed by atoms with Crippen molar-refractivity contribution in [3.63, 3.8) is 0 Å². The van der Waals surface area contributed by atoms with Crippen LogP contribution in [0.25, 0.3) is 0 Å². The summed E-state index contributed by atoms with van der Waals surface area (Å²) in [6, 6.07) is 0. The second kappa shape index (κ2) is 11.3. The fourth-order valence-electron chi connectivity index (χ4n) is 5.88. The maximum absolute atomic E-state index is 16.0. The molecule has 5 unspecified atom stereocenters. The molecule has 4 aliphatic carbocycles. The lowest BCUT2D eigenvalue weighted by atomic mass is 9.38. The fraction of sp³-hybridized carbons (Fsp3) is 1.00. The molecule has 2 N–H and O–H groups in total. The van der Waals surface area contributed by atoms with Crippen LogP contribution in [-0.2, 0) is 14.2 Å². The third-order valence-corrected chi connectivity index (χ3v) is 8.64. The average molecular weight is 951 g/mol. The molecule has 0 heterocycles. The summed E-state index contributed by atoms with van der Waals surface area (Å²) in [5, 5.41) is 11.8. The Labute approximate surface area is 288 Å². The van der Waals surface area contributed by atoms with Gasteiger partial charge >= 0.3 is 95.6 Å². The van der Waals surface area contributed by atoms with Gasteiger partial charge in [-0.15, -0.1) is 0 Å². The predicted octanol–water partition coefficient (Wildman–Crippen LogP) is 8.33. The molecule has 4 rings (SSSR count). The number of hydrogen-bond acceptors (Lipinski definition) is 6. The molecule has 5 atom stereocenters. The van der Waals surface area contributed by atoms with Gasteiger partial charge < -0.3 is 10.2 Å². The monoisotopic (exact) mass is 951 g/mol. The molecule has 0 aliphatic heterocycles. The van der Waals surface area contributed by atoms with Gasteiger partial charge in [-0.1, -0.05) is 8.96 Å². The van der Waals surface area contributed by atoms with Crippen molar-refractivity contribution >= 4 is 0 Å². The van der Waals surface area contributed by atoms with Gasteiger partial charge in [-0.3, -0.25) is 14.2 Å². The van der Waals surface area contributed by atoms with Gasteiger partial charge in [-0.2, -0.15) is 127 Å². The zero-order chi connectivity index (χ0) is 47.2. The van der Waals surface area contributed by atoms with Crippen LogP contribution >= 0.6 is 0 Å². The molecule has 4 aliphatic rings. The highest BCUT2D eigenvalue weighted by molar-refractivity contribution is 5.55. The lowest BCUT2D eigenvalue weighted by Gasteiger charge is -2.77. The van der Waals surface area contributed by atoms with Gasteiger partial charge in [0.15, 0.2) is 0 Å². The highest BCUT2D eigenvalue weighted by Gasteiger charge is 3.24. The largest absolute Gasteiger partial charge is 0.457 e. The maximum atomic E-state index is 16.0. The number of aliphatic hydroxyl groups is 2. The first-order valence-corrected chi connectivity index (χ1v) is 12.6. The topological polar surface area (TPSA) is 71.4 Å². The molecule has 0 aromatic carbocycles. The van der Waals surface area contributed by atoms with Gasteiger partial charge in [0.1, 0.15) is 0 Å². The Kier molecular flexibility index (Phi) is 9.68. The molecule has 344 valence electrons. The van der Waals surface area contributed by atoms with Crippen LogP contribution in [-0.4, -0.2) is 128 Å². The van der Waals surface area contributed by atoms with Crippen LogP contribution in [0, 0.1) is 0 Å². The lowest BCUT2D eigenvalue weighted by Crippen LogP contribution is -3.12. The van der Waals surface area contributed by atoms with E-state index < -0.39 is 118 Å². The Morgan fingerprint density at radius 1 is 0.328 bits per heavy atom. The van der Waals surface area contributed by atoms with Crippen molar-refractivity contribution < 1.29 is 169 Å². The average Bonchev–Trinajstić information content (AvgIpc) is 2.95. The first kappa shape index (κ1) is 49.8. The summed E-state index contributed by atoms with van der Waals surface area (Å²) in [5.74, 6) is -86.2. The van der Waals surface area contributed by atoms with Crippen LogP contribution < -0.4 is 0 Å². The Morgan fingerprint density at radius 2 is 0.534 bits per heavy atom. The number of alkyl halides is 31. The van der Waals surface area contributed by atoms with E-state index in [1.54, 1.807) is 0 Å². The van der Waals surface area contributed by atoms with E-state index in [2.05, 4.69) is 0 Å². The standard InChI is InChI=1S/C19H2F33NO5/c20-1-5(21,22)2(56-17(45,46)11(33,53(51)52)14(36,37)38)8(27,28)3(6(1,23)24,57-18(47,48)12(34,54)15(39,40)41)10(31,32)4(7(1,25)26,9(2,29)30)58-19(49,50)13(35,55)16(42,43)44/h54-55H. The third-order valence-electron chi connectivity index (χ3n) is 8.64. The van der Waals surface area contributed by atoms with Gasteiger partial charge in [0.05, 0.1) is 5.34 Å². The van der Waals surface area contributed by atoms with Crippen molar-refractivity contribution in [2.45, 2.75) is 112 Å². The minimum absolute atomic E-state index is 1.12. The minimum Gasteiger partial charge on any atom is -0.348 e. The first-order chi connectivity index (χ1) is 24.6. The number of rotatable bonds is 10. The maximum Gasteiger partial charge on any atom is 0.457 e. The normalized spacial score (nSPS) is 36.0. The van der Waals surface area contributed by atoms with E-state index in [1.807, 2.05) is 0 Å². The molecule has 0 aromatic heterocycles. The number of halogens is 33. The van der Waals surface area contributed by atoms with Crippen molar-refractivity contribution in [3.8, 4) is 0 Å². The number of hydrogen-bond donors (Lipinski definition) is 2. The molecular weight excluding hydrogens is 949 g/mol. The molecule has 0 aromatic rings. The third kappa shape index (κ3) is 4.37. The van der Waals surface area contributed by atoms with Crippen molar-refractivity contribution in [1.82, 2.24) is 5.34 Å². The van der Waals surface area contributed by atoms with Gasteiger partial charge in [0.25, 0.3) is 16.8 Å². The van der Waals surface area contributed by atoms with Crippen molar-refractivity contribution in [2.75, 3.05) is 0 Å². The molecular formula is C19H2F33NO5. The van der Waals surface area contributed by atoms with E-state index in [-0.39, 0.29) is 0 Å². The molecule has 0 saturated heterocycles. The smallest absolute Gasteiger partial charge is 0.348 e. The van der Waals surface area contributed by atoms with E-state index in [9.17, 15) is 88.0 Å². The number of ether oxygens (including phenoxy) is 3. The SMILES string of the molecule is OC(F)(C(F)(F)F)C(F)(F)OC12C(F)(F)C3(F)C(F)(F)C(OC(F)(F)C(O)(F)C(F)(F)F)(C1(F)F)C(F)(F)C(OC(F)(F)C(F)(N(F)F)C(F)(F)F)(C3(F)F)C2(F)F. The summed E-state index contributed by atoms with van der Waals surface area (Å²) >= 11 is 0. The zero-order valence-electron chi connectivity index (χ0n) is 24.5. The molecule has 4 saturated carbocycles. The zero-order valence-corrected chi connectivity index (χ0v) is 24.5. The summed E-state index contributed by atoms with van der Waals surface area (Å²) in [7, 11) is 0. The molecule has 4 fully saturated rings. The molecule has 6 nitrogen and oxygen atoms in total. The van der Waals surface area contributed by atoms with Crippen molar-refractivity contribution in [3.05, 3.63) is 0 Å². The highest BCUT2D eigenvalue weighted by Crippen LogP contribution is 2.90. The van der Waals surface area contributed by atoms with E-state index >= 15 is 57.1 Å². The van der Waals surface area contributed by atoms with Crippen LogP contribution in [0.1, 0.15) is 0 Å². The lowest BCUT2D eigenvalue weighted by molar-refractivity contribution is -0.678. The Hall–Kier alpha value is -2.55. The summed E-state index contributed by atoms with van der Waals surface area (Å²) in [4.78, 5) is 0. The fourth-order valence-corrected chi connectivity index (χ4v) is 5.88. The van der Waals surface area contributed by atoms with Crippen LogP contribution in [0.2, 0.25) is 0 Å². The van der Waals surface area contributed by atoms with E-state index in [4.69, 9.17) is 10.2 Å². The minimum atomic E-state index is -10.2. The quantitative estimate of drug-likeness (QED) is 0.131. The second-order valence-electron chi connectivity index (χ2n) is 11.6. The molecule has 0 amide bonds. The highest BCUT2D eigenvalue weighted by atomic mass is 19.4. The van der Waals surface area contributed by atoms with E-state index in [1.165, 1.54) is 9.47 Å². The molecule has 39 heteroatoms. The molecule has 0 spiro atoms. The van der Waals surface area contributed by atoms with Crippen molar-refractivity contribution in [2.24, 2.45) is 0 Å². The van der Waals surface area contributed by atoms with Crippen LogP contribution in [0.4, 0.5) is 145 Å². The summed E-state index contributed by atoms with van der Waals surface area (Å²) in [6.07, 6.45) is -53.3. The van der Waals surface area contributed by atoms with Gasteiger partial charge in [0, 0.05) is 0 Å². The van der Waals surface area contributed by atoms with E-state index in [0.29, 0.717) is 0 Å². The van der Waals surface area contributed by atoms with Gasteiger partial charge in [-0.05, 0) is 0 Å². The molecule has 0 radical (unpaired) electrons. The second-order valence-corrected chi connectivity index (χ2v) is 11.6. The van der Waals surface area contributed by atoms with Crippen molar-refractivity contribution in [1.29, 1.82) is 0 Å². The molecule has 4 bridgehead atoms. The summed E-state index contributed by atoms with van der Waals surface area (Å²) in [6.45, 7) is 0. The van der Waals surface area contributed by atoms with Crippen LogP contribution in [0.5, 0.6) is 0 Å². The van der Waals surface area contributed by atoms with Crippen LogP contribution in [0.15, 0.2) is 0 Å². The first-order valence-electron chi connectivity index (χ1n) is 12.6. The van der Waals surface area contributed by atoms with E-state index in [0.717, 1.165) is 4.74 Å².